The smallest absolute Gasteiger partial charge is 0.339 e. The summed E-state index contributed by atoms with van der Waals surface area (Å²) in [6.45, 7) is 0.202. The van der Waals surface area contributed by atoms with E-state index in [9.17, 15) is 4.79 Å². The van der Waals surface area contributed by atoms with Crippen molar-refractivity contribution in [3.8, 4) is 5.75 Å². The molecule has 0 bridgehead atoms. The van der Waals surface area contributed by atoms with E-state index in [4.69, 9.17) is 25.9 Å². The van der Waals surface area contributed by atoms with Crippen LogP contribution in [0.5, 0.6) is 5.75 Å². The summed E-state index contributed by atoms with van der Waals surface area (Å²) in [7, 11) is 0. The molecule has 5 heteroatoms. The van der Waals surface area contributed by atoms with Crippen molar-refractivity contribution in [2.45, 2.75) is 6.61 Å². The van der Waals surface area contributed by atoms with E-state index in [0.29, 0.717) is 22.1 Å². The van der Waals surface area contributed by atoms with E-state index in [0.717, 1.165) is 5.39 Å². The summed E-state index contributed by atoms with van der Waals surface area (Å²) in [5.41, 5.74) is 0.496. The van der Waals surface area contributed by atoms with E-state index in [1.807, 2.05) is 0 Å². The number of furan rings is 1. The minimum Gasteiger partial charge on any atom is -0.486 e. The summed E-state index contributed by atoms with van der Waals surface area (Å²) in [6, 6.07) is 13.8. The minimum atomic E-state index is -1.02. The first-order valence-electron chi connectivity index (χ1n) is 6.26. The van der Waals surface area contributed by atoms with Gasteiger partial charge in [0.15, 0.2) is 0 Å². The molecular formula is C16H11ClO4. The fraction of sp³-hybridized carbons (Fsp3) is 0.0625. The molecule has 4 nitrogen and oxygen atoms in total. The number of aromatic carboxylic acids is 1. The Bertz CT molecular complexity index is 807. The van der Waals surface area contributed by atoms with Crippen LogP contribution in [0.3, 0.4) is 0 Å². The van der Waals surface area contributed by atoms with Gasteiger partial charge in [0.1, 0.15) is 29.3 Å². The summed E-state index contributed by atoms with van der Waals surface area (Å²) in [6.07, 6.45) is 0. The lowest BCUT2D eigenvalue weighted by Crippen LogP contribution is -1.95. The Hall–Kier alpha value is -2.46. The normalized spacial score (nSPS) is 10.7. The van der Waals surface area contributed by atoms with Gasteiger partial charge in [-0.05, 0) is 30.3 Å². The molecular weight excluding hydrogens is 292 g/mol. The maximum atomic E-state index is 11.1. The molecule has 1 aromatic heterocycles. The molecule has 3 aromatic rings. The van der Waals surface area contributed by atoms with E-state index in [2.05, 4.69) is 0 Å². The minimum absolute atomic E-state index is 0.140. The van der Waals surface area contributed by atoms with Crippen molar-refractivity contribution in [1.82, 2.24) is 0 Å². The Morgan fingerprint density at radius 3 is 2.76 bits per heavy atom. The standard InChI is InChI=1S/C16H11ClO4/c17-11-4-2-5-12(8-11)20-9-13-7-10-3-1-6-14(16(18)19)15(10)21-13/h1-8H,9H2,(H,18,19). The number of carboxylic acids is 1. The summed E-state index contributed by atoms with van der Waals surface area (Å²) in [5, 5.41) is 10.4. The average molecular weight is 303 g/mol. The molecule has 0 radical (unpaired) electrons. The summed E-state index contributed by atoms with van der Waals surface area (Å²) in [5.74, 6) is 0.164. The lowest BCUT2D eigenvalue weighted by molar-refractivity contribution is 0.0697. The van der Waals surface area contributed by atoms with Crippen LogP contribution < -0.4 is 4.74 Å². The van der Waals surface area contributed by atoms with Gasteiger partial charge in [-0.1, -0.05) is 29.8 Å². The molecule has 0 aliphatic rings. The van der Waals surface area contributed by atoms with Crippen LogP contribution in [0, 0.1) is 0 Å². The lowest BCUT2D eigenvalue weighted by Gasteiger charge is -2.03. The highest BCUT2D eigenvalue weighted by molar-refractivity contribution is 6.30. The fourth-order valence-corrected chi connectivity index (χ4v) is 2.25. The summed E-state index contributed by atoms with van der Waals surface area (Å²) >= 11 is 5.88. The van der Waals surface area contributed by atoms with Crippen LogP contribution in [0.25, 0.3) is 11.0 Å². The number of fused-ring (bicyclic) bond motifs is 1. The topological polar surface area (TPSA) is 59.7 Å². The summed E-state index contributed by atoms with van der Waals surface area (Å²) < 4.78 is 11.2. The predicted molar refractivity (Wildman–Crippen MR) is 79.0 cm³/mol. The number of hydrogen-bond donors (Lipinski definition) is 1. The van der Waals surface area contributed by atoms with Crippen molar-refractivity contribution in [2.24, 2.45) is 0 Å². The Morgan fingerprint density at radius 2 is 2.00 bits per heavy atom. The molecule has 106 valence electrons. The molecule has 2 aromatic carbocycles. The third-order valence-electron chi connectivity index (χ3n) is 3.00. The van der Waals surface area contributed by atoms with E-state index < -0.39 is 5.97 Å². The quantitative estimate of drug-likeness (QED) is 0.777. The molecule has 0 unspecified atom stereocenters. The number of hydrogen-bond acceptors (Lipinski definition) is 3. The van der Waals surface area contributed by atoms with Gasteiger partial charge >= 0.3 is 5.97 Å². The van der Waals surface area contributed by atoms with Gasteiger partial charge in [0.2, 0.25) is 0 Å². The van der Waals surface area contributed by atoms with Crippen LogP contribution in [0.4, 0.5) is 0 Å². The van der Waals surface area contributed by atoms with Crippen LogP contribution in [0.15, 0.2) is 52.9 Å². The van der Waals surface area contributed by atoms with Crippen LogP contribution in [-0.2, 0) is 6.61 Å². The number of carboxylic acid groups (broad SMARTS) is 1. The van der Waals surface area contributed by atoms with Crippen molar-refractivity contribution in [3.63, 3.8) is 0 Å². The van der Waals surface area contributed by atoms with Crippen molar-refractivity contribution >= 4 is 28.5 Å². The molecule has 1 heterocycles. The third-order valence-corrected chi connectivity index (χ3v) is 3.24. The molecule has 0 amide bonds. The largest absolute Gasteiger partial charge is 0.486 e. The van der Waals surface area contributed by atoms with E-state index in [1.165, 1.54) is 6.07 Å². The molecule has 0 spiro atoms. The highest BCUT2D eigenvalue weighted by atomic mass is 35.5. The highest BCUT2D eigenvalue weighted by Gasteiger charge is 2.13. The van der Waals surface area contributed by atoms with Crippen LogP contribution in [-0.4, -0.2) is 11.1 Å². The van der Waals surface area contributed by atoms with E-state index in [-0.39, 0.29) is 12.2 Å². The lowest BCUT2D eigenvalue weighted by atomic mass is 10.1. The van der Waals surface area contributed by atoms with Gasteiger partial charge in [-0.3, -0.25) is 0 Å². The zero-order valence-corrected chi connectivity index (χ0v) is 11.6. The molecule has 0 aliphatic heterocycles. The van der Waals surface area contributed by atoms with Crippen molar-refractivity contribution in [2.75, 3.05) is 0 Å². The second kappa shape index (κ2) is 5.50. The number of ether oxygens (including phenoxy) is 1. The Kier molecular flexibility index (Phi) is 3.54. The highest BCUT2D eigenvalue weighted by Crippen LogP contribution is 2.25. The van der Waals surface area contributed by atoms with Crippen molar-refractivity contribution in [1.29, 1.82) is 0 Å². The first kappa shape index (κ1) is 13.5. The van der Waals surface area contributed by atoms with Crippen LogP contribution in [0.2, 0.25) is 5.02 Å². The molecule has 0 atom stereocenters. The number of rotatable bonds is 4. The average Bonchev–Trinajstić information content (AvgIpc) is 2.87. The van der Waals surface area contributed by atoms with E-state index >= 15 is 0 Å². The Labute approximate surface area is 125 Å². The fourth-order valence-electron chi connectivity index (χ4n) is 2.07. The second-order valence-electron chi connectivity index (χ2n) is 4.49. The van der Waals surface area contributed by atoms with Gasteiger partial charge in [0.25, 0.3) is 0 Å². The van der Waals surface area contributed by atoms with Gasteiger partial charge in [-0.2, -0.15) is 0 Å². The molecule has 3 rings (SSSR count). The maximum absolute atomic E-state index is 11.1. The zero-order valence-electron chi connectivity index (χ0n) is 10.9. The molecule has 0 saturated heterocycles. The van der Waals surface area contributed by atoms with Crippen LogP contribution in [0.1, 0.15) is 16.1 Å². The van der Waals surface area contributed by atoms with Crippen molar-refractivity contribution < 1.29 is 19.1 Å². The number of carbonyl (C=O) groups is 1. The number of benzene rings is 2. The molecule has 0 fully saturated rings. The third kappa shape index (κ3) is 2.85. The summed E-state index contributed by atoms with van der Waals surface area (Å²) in [4.78, 5) is 11.1. The van der Waals surface area contributed by atoms with Crippen LogP contribution >= 0.6 is 11.6 Å². The SMILES string of the molecule is O=C(O)c1cccc2cc(COc3cccc(Cl)c3)oc12. The van der Waals surface area contributed by atoms with Gasteiger partial charge in [-0.25, -0.2) is 4.79 Å². The second-order valence-corrected chi connectivity index (χ2v) is 4.92. The predicted octanol–water partition coefficient (Wildman–Crippen LogP) is 4.36. The Balaban J connectivity index is 1.85. The van der Waals surface area contributed by atoms with Gasteiger partial charge in [0.05, 0.1) is 0 Å². The molecule has 0 saturated carbocycles. The van der Waals surface area contributed by atoms with E-state index in [1.54, 1.807) is 42.5 Å². The van der Waals surface area contributed by atoms with Gasteiger partial charge < -0.3 is 14.3 Å². The number of para-hydroxylation sites is 1. The Morgan fingerprint density at radius 1 is 1.19 bits per heavy atom. The van der Waals surface area contributed by atoms with Gasteiger partial charge in [-0.15, -0.1) is 0 Å². The molecule has 0 aliphatic carbocycles. The molecule has 21 heavy (non-hydrogen) atoms. The monoisotopic (exact) mass is 302 g/mol. The number of halogens is 1. The molecule has 1 N–H and O–H groups in total. The zero-order chi connectivity index (χ0) is 14.8. The maximum Gasteiger partial charge on any atom is 0.339 e. The first-order chi connectivity index (χ1) is 10.1. The first-order valence-corrected chi connectivity index (χ1v) is 6.64. The van der Waals surface area contributed by atoms with Crippen molar-refractivity contribution in [3.05, 3.63) is 64.9 Å². The van der Waals surface area contributed by atoms with Gasteiger partial charge in [0, 0.05) is 10.4 Å².